The second-order valence-electron chi connectivity index (χ2n) is 8.22. The lowest BCUT2D eigenvalue weighted by molar-refractivity contribution is -0.148. The van der Waals surface area contributed by atoms with Crippen molar-refractivity contribution in [3.05, 3.63) is 36.0 Å². The van der Waals surface area contributed by atoms with Gasteiger partial charge in [0, 0.05) is 49.3 Å². The van der Waals surface area contributed by atoms with Gasteiger partial charge in [0.25, 0.3) is 5.91 Å². The van der Waals surface area contributed by atoms with Crippen LogP contribution in [-0.4, -0.2) is 77.4 Å². The molecular formula is C22H30F3N7O. The molecule has 180 valence electrons. The molecule has 5 N–H and O–H groups in total. The minimum Gasteiger partial charge on any atom is -0.379 e. The first-order chi connectivity index (χ1) is 15.7. The molecule has 0 spiro atoms. The van der Waals surface area contributed by atoms with Crippen molar-refractivity contribution in [3.8, 4) is 0 Å². The summed E-state index contributed by atoms with van der Waals surface area (Å²) in [7, 11) is 0. The lowest BCUT2D eigenvalue weighted by Gasteiger charge is -2.35. The van der Waals surface area contributed by atoms with E-state index in [0.29, 0.717) is 6.42 Å². The molecule has 1 fully saturated rings. The average molecular weight is 466 g/mol. The maximum Gasteiger partial charge on any atom is 0.401 e. The SMILES string of the molecule is CCCC(Cc1c[nH]c2ccccc12)NC(=O)C(N)=NC(=N)N1CCN(CC(F)(F)F)CC1. The fourth-order valence-electron chi connectivity index (χ4n) is 4.01. The number of para-hydroxylation sites is 1. The van der Waals surface area contributed by atoms with E-state index in [0.717, 1.165) is 29.3 Å². The predicted molar refractivity (Wildman–Crippen MR) is 122 cm³/mol. The lowest BCUT2D eigenvalue weighted by atomic mass is 10.0. The van der Waals surface area contributed by atoms with E-state index in [1.54, 1.807) is 0 Å². The summed E-state index contributed by atoms with van der Waals surface area (Å²) < 4.78 is 37.6. The molecule has 0 radical (unpaired) electrons. The van der Waals surface area contributed by atoms with Crippen molar-refractivity contribution >= 4 is 28.6 Å². The zero-order chi connectivity index (χ0) is 24.0. The largest absolute Gasteiger partial charge is 0.401 e. The third kappa shape index (κ3) is 6.95. The van der Waals surface area contributed by atoms with E-state index in [9.17, 15) is 18.0 Å². The second-order valence-corrected chi connectivity index (χ2v) is 8.22. The van der Waals surface area contributed by atoms with Crippen LogP contribution in [0, 0.1) is 5.41 Å². The number of hydrogen-bond acceptors (Lipinski definition) is 3. The van der Waals surface area contributed by atoms with E-state index in [2.05, 4.69) is 15.3 Å². The van der Waals surface area contributed by atoms with Crippen LogP contribution in [-0.2, 0) is 11.2 Å². The van der Waals surface area contributed by atoms with Crippen molar-refractivity contribution in [1.82, 2.24) is 20.1 Å². The Labute approximate surface area is 190 Å². The molecule has 0 bridgehead atoms. The number of aromatic nitrogens is 1. The number of aliphatic imine (C=N–C) groups is 1. The first kappa shape index (κ1) is 24.6. The Kier molecular flexibility index (Phi) is 7.96. The summed E-state index contributed by atoms with van der Waals surface area (Å²) in [5, 5.41) is 12.1. The molecule has 2 aromatic rings. The molecule has 2 heterocycles. The van der Waals surface area contributed by atoms with Gasteiger partial charge in [-0.3, -0.25) is 15.1 Å². The van der Waals surface area contributed by atoms with Gasteiger partial charge in [-0.15, -0.1) is 0 Å². The molecule has 8 nitrogen and oxygen atoms in total. The summed E-state index contributed by atoms with van der Waals surface area (Å²) >= 11 is 0. The highest BCUT2D eigenvalue weighted by atomic mass is 19.4. The fraction of sp³-hybridized carbons (Fsp3) is 0.500. The van der Waals surface area contributed by atoms with Gasteiger partial charge in [0.15, 0.2) is 5.84 Å². The molecule has 1 aromatic carbocycles. The number of alkyl halides is 3. The van der Waals surface area contributed by atoms with Crippen LogP contribution in [0.1, 0.15) is 25.3 Å². The Balaban J connectivity index is 1.56. The number of nitrogens with two attached hydrogens (primary N) is 1. The van der Waals surface area contributed by atoms with E-state index in [1.807, 2.05) is 37.4 Å². The van der Waals surface area contributed by atoms with Gasteiger partial charge in [0.1, 0.15) is 0 Å². The highest BCUT2D eigenvalue weighted by molar-refractivity contribution is 6.38. The molecule has 1 atom stereocenters. The maximum atomic E-state index is 12.6. The molecule has 33 heavy (non-hydrogen) atoms. The van der Waals surface area contributed by atoms with Crippen LogP contribution in [0.25, 0.3) is 10.9 Å². The molecule has 1 amide bonds. The number of nitrogens with one attached hydrogen (secondary N) is 3. The number of guanidine groups is 1. The Morgan fingerprint density at radius 1 is 1.27 bits per heavy atom. The first-order valence-corrected chi connectivity index (χ1v) is 11.0. The van der Waals surface area contributed by atoms with Crippen LogP contribution in [0.3, 0.4) is 0 Å². The highest BCUT2D eigenvalue weighted by Gasteiger charge is 2.32. The Hall–Kier alpha value is -3.08. The Morgan fingerprint density at radius 2 is 1.97 bits per heavy atom. The van der Waals surface area contributed by atoms with Crippen molar-refractivity contribution < 1.29 is 18.0 Å². The minimum absolute atomic E-state index is 0.157. The van der Waals surface area contributed by atoms with E-state index in [-0.39, 0.29) is 44.0 Å². The number of piperazine rings is 1. The fourth-order valence-corrected chi connectivity index (χ4v) is 4.01. The number of fused-ring (bicyclic) bond motifs is 1. The van der Waals surface area contributed by atoms with Crippen LogP contribution in [0.15, 0.2) is 35.5 Å². The van der Waals surface area contributed by atoms with Gasteiger partial charge in [0.2, 0.25) is 5.96 Å². The molecular weight excluding hydrogens is 435 g/mol. The normalized spacial score (nSPS) is 16.7. The summed E-state index contributed by atoms with van der Waals surface area (Å²) in [4.78, 5) is 22.6. The number of hydrogen-bond donors (Lipinski definition) is 4. The molecule has 0 saturated carbocycles. The number of carbonyl (C=O) groups excluding carboxylic acids is 1. The number of halogens is 3. The van der Waals surface area contributed by atoms with Crippen molar-refractivity contribution in [2.45, 2.75) is 38.4 Å². The van der Waals surface area contributed by atoms with Crippen LogP contribution in [0.2, 0.25) is 0 Å². The zero-order valence-electron chi connectivity index (χ0n) is 18.6. The molecule has 3 rings (SSSR count). The molecule has 1 aliphatic heterocycles. The number of amides is 1. The number of amidine groups is 1. The number of carbonyl (C=O) groups is 1. The van der Waals surface area contributed by atoms with Crippen LogP contribution < -0.4 is 11.1 Å². The molecule has 1 aliphatic rings. The summed E-state index contributed by atoms with van der Waals surface area (Å²) in [6, 6.07) is 7.78. The quantitative estimate of drug-likeness (QED) is 0.388. The summed E-state index contributed by atoms with van der Waals surface area (Å²) in [6.45, 7) is 1.80. The number of H-pyrrole nitrogens is 1. The smallest absolute Gasteiger partial charge is 0.379 e. The molecule has 1 saturated heterocycles. The van der Waals surface area contributed by atoms with Crippen LogP contribution >= 0.6 is 0 Å². The zero-order valence-corrected chi connectivity index (χ0v) is 18.6. The summed E-state index contributed by atoms with van der Waals surface area (Å²) in [5.74, 6) is -1.12. The van der Waals surface area contributed by atoms with Gasteiger partial charge in [-0.05, 0) is 24.5 Å². The van der Waals surface area contributed by atoms with E-state index in [1.165, 1.54) is 9.80 Å². The number of aromatic amines is 1. The van der Waals surface area contributed by atoms with Gasteiger partial charge in [0.05, 0.1) is 6.54 Å². The first-order valence-electron chi connectivity index (χ1n) is 11.0. The number of benzene rings is 1. The monoisotopic (exact) mass is 465 g/mol. The maximum absolute atomic E-state index is 12.6. The van der Waals surface area contributed by atoms with Gasteiger partial charge < -0.3 is 20.9 Å². The number of nitrogens with zero attached hydrogens (tertiary/aromatic N) is 3. The molecule has 1 unspecified atom stereocenters. The lowest BCUT2D eigenvalue weighted by Crippen LogP contribution is -2.51. The van der Waals surface area contributed by atoms with Crippen molar-refractivity contribution in [1.29, 1.82) is 5.41 Å². The van der Waals surface area contributed by atoms with Gasteiger partial charge in [-0.1, -0.05) is 31.5 Å². The van der Waals surface area contributed by atoms with Crippen molar-refractivity contribution in [3.63, 3.8) is 0 Å². The van der Waals surface area contributed by atoms with Gasteiger partial charge in [-0.25, -0.2) is 0 Å². The minimum atomic E-state index is -4.25. The van der Waals surface area contributed by atoms with Crippen molar-refractivity contribution in [2.24, 2.45) is 10.7 Å². The Morgan fingerprint density at radius 3 is 2.64 bits per heavy atom. The third-order valence-electron chi connectivity index (χ3n) is 5.65. The summed E-state index contributed by atoms with van der Waals surface area (Å²) in [5.41, 5.74) is 7.96. The molecule has 11 heteroatoms. The highest BCUT2D eigenvalue weighted by Crippen LogP contribution is 2.20. The third-order valence-corrected chi connectivity index (χ3v) is 5.65. The topological polar surface area (TPSA) is 114 Å². The van der Waals surface area contributed by atoms with E-state index < -0.39 is 18.6 Å². The van der Waals surface area contributed by atoms with Crippen LogP contribution in [0.4, 0.5) is 13.2 Å². The van der Waals surface area contributed by atoms with Gasteiger partial charge in [-0.2, -0.15) is 18.2 Å². The molecule has 0 aliphatic carbocycles. The predicted octanol–water partition coefficient (Wildman–Crippen LogP) is 2.47. The Bertz CT molecular complexity index is 993. The second kappa shape index (κ2) is 10.7. The number of rotatable bonds is 6. The van der Waals surface area contributed by atoms with Crippen molar-refractivity contribution in [2.75, 3.05) is 32.7 Å². The van der Waals surface area contributed by atoms with Gasteiger partial charge >= 0.3 is 6.18 Å². The van der Waals surface area contributed by atoms with E-state index in [4.69, 9.17) is 11.1 Å². The standard InChI is InChI=1S/C22H30F3N7O/c1-2-5-16(12-15-13-28-18-7-4-3-6-17(15)18)29-20(33)19(26)30-21(27)32-10-8-31(9-11-32)14-22(23,24)25/h3-4,6-7,13,16,28H,2,5,8-12,14H2,1H3,(H,29,33)(H3,26,27,30). The average Bonchev–Trinajstić information content (AvgIpc) is 3.16. The summed E-state index contributed by atoms with van der Waals surface area (Å²) in [6.07, 6.45) is -0.0852. The molecule has 1 aromatic heterocycles. The van der Waals surface area contributed by atoms with E-state index >= 15 is 0 Å². The van der Waals surface area contributed by atoms with Crippen LogP contribution in [0.5, 0.6) is 0 Å².